The summed E-state index contributed by atoms with van der Waals surface area (Å²) in [4.78, 5) is 5.79. The van der Waals surface area contributed by atoms with Gasteiger partial charge in [-0.15, -0.1) is 11.3 Å². The zero-order valence-corrected chi connectivity index (χ0v) is 14.3. The molecule has 0 saturated heterocycles. The van der Waals surface area contributed by atoms with Crippen LogP contribution in [0.25, 0.3) is 0 Å². The van der Waals surface area contributed by atoms with Gasteiger partial charge in [0.15, 0.2) is 5.96 Å². The molecule has 0 saturated carbocycles. The first-order valence-corrected chi connectivity index (χ1v) is 8.63. The van der Waals surface area contributed by atoms with E-state index in [0.29, 0.717) is 12.5 Å². The maximum Gasteiger partial charge on any atom is 0.387 e. The van der Waals surface area contributed by atoms with Crippen molar-refractivity contribution in [2.75, 3.05) is 13.1 Å². The Morgan fingerprint density at radius 3 is 2.83 bits per heavy atom. The normalized spacial score (nSPS) is 11.6. The maximum absolute atomic E-state index is 12.3. The smallest absolute Gasteiger partial charge is 0.387 e. The molecule has 0 aliphatic heterocycles. The highest BCUT2D eigenvalue weighted by atomic mass is 32.1. The molecule has 1 heterocycles. The van der Waals surface area contributed by atoms with Crippen molar-refractivity contribution in [2.45, 2.75) is 26.5 Å². The number of halogens is 2. The summed E-state index contributed by atoms with van der Waals surface area (Å²) in [7, 11) is 0. The van der Waals surface area contributed by atoms with Crippen molar-refractivity contribution in [1.29, 1.82) is 0 Å². The van der Waals surface area contributed by atoms with Crippen molar-refractivity contribution < 1.29 is 13.5 Å². The number of hydrogen-bond donors (Lipinski definition) is 2. The summed E-state index contributed by atoms with van der Waals surface area (Å²) in [6.45, 7) is 1.09. The lowest BCUT2D eigenvalue weighted by atomic mass is 10.2. The second kappa shape index (κ2) is 9.87. The molecule has 0 aliphatic rings. The fourth-order valence-corrected chi connectivity index (χ4v) is 2.80. The largest absolute Gasteiger partial charge is 0.435 e. The molecule has 1 aromatic carbocycles. The lowest BCUT2D eigenvalue weighted by Crippen LogP contribution is -2.38. The molecule has 2 rings (SSSR count). The van der Waals surface area contributed by atoms with E-state index in [1.807, 2.05) is 19.1 Å². The Morgan fingerprint density at radius 1 is 1.25 bits per heavy atom. The maximum atomic E-state index is 12.3. The number of nitrogens with one attached hydrogen (secondary N) is 2. The minimum atomic E-state index is -2.82. The molecule has 0 radical (unpaired) electrons. The molecule has 0 spiro atoms. The number of benzene rings is 1. The Hall–Kier alpha value is -2.15. The summed E-state index contributed by atoms with van der Waals surface area (Å²) >= 11 is 1.73. The number of alkyl halides is 2. The first kappa shape index (κ1) is 18.2. The van der Waals surface area contributed by atoms with E-state index >= 15 is 0 Å². The van der Waals surface area contributed by atoms with Crippen molar-refractivity contribution in [3.05, 3.63) is 52.2 Å². The van der Waals surface area contributed by atoms with E-state index in [4.69, 9.17) is 0 Å². The predicted molar refractivity (Wildman–Crippen MR) is 93.9 cm³/mol. The minimum absolute atomic E-state index is 0.147. The average Bonchev–Trinajstić information content (AvgIpc) is 3.06. The van der Waals surface area contributed by atoms with Crippen LogP contribution in [-0.4, -0.2) is 25.7 Å². The molecule has 130 valence electrons. The van der Waals surface area contributed by atoms with Gasteiger partial charge in [-0.3, -0.25) is 0 Å². The fraction of sp³-hybridized carbons (Fsp3) is 0.353. The van der Waals surface area contributed by atoms with Gasteiger partial charge in [0.05, 0.1) is 6.54 Å². The summed E-state index contributed by atoms with van der Waals surface area (Å²) in [5, 5.41) is 8.50. The molecule has 0 atom stereocenters. The fourth-order valence-electron chi connectivity index (χ4n) is 2.09. The van der Waals surface area contributed by atoms with E-state index in [1.165, 1.54) is 10.9 Å². The number of rotatable bonds is 8. The van der Waals surface area contributed by atoms with E-state index in [1.54, 1.807) is 23.5 Å². The van der Waals surface area contributed by atoms with Gasteiger partial charge < -0.3 is 15.4 Å². The zero-order valence-electron chi connectivity index (χ0n) is 13.5. The Morgan fingerprint density at radius 2 is 2.12 bits per heavy atom. The van der Waals surface area contributed by atoms with Gasteiger partial charge >= 0.3 is 6.61 Å². The highest BCUT2D eigenvalue weighted by Gasteiger charge is 2.05. The standard InChI is InChI=1S/C17H21F2N3OS/c1-2-20-17(21-9-8-15-7-4-10-24-15)22-12-13-5-3-6-14(11-13)23-16(18)19/h3-7,10-11,16H,2,8-9,12H2,1H3,(H2,20,21,22). The lowest BCUT2D eigenvalue weighted by Gasteiger charge is -2.11. The van der Waals surface area contributed by atoms with Crippen LogP contribution in [0.1, 0.15) is 17.4 Å². The molecule has 0 fully saturated rings. The average molecular weight is 353 g/mol. The Bertz CT molecular complexity index is 633. The third-order valence-electron chi connectivity index (χ3n) is 3.13. The first-order valence-electron chi connectivity index (χ1n) is 7.75. The predicted octanol–water partition coefficient (Wildman–Crippen LogP) is 3.65. The number of guanidine groups is 1. The molecule has 2 aromatic rings. The van der Waals surface area contributed by atoms with Crippen LogP contribution in [0.3, 0.4) is 0 Å². The first-order chi connectivity index (χ1) is 11.7. The third-order valence-corrected chi connectivity index (χ3v) is 4.07. The number of thiophene rings is 1. The molecule has 1 aromatic heterocycles. The summed E-state index contributed by atoms with van der Waals surface area (Å²) in [6.07, 6.45) is 0.930. The van der Waals surface area contributed by atoms with E-state index in [0.717, 1.165) is 25.1 Å². The van der Waals surface area contributed by atoms with Gasteiger partial charge in [0.2, 0.25) is 0 Å². The molecule has 7 heteroatoms. The molecule has 0 amide bonds. The number of hydrogen-bond acceptors (Lipinski definition) is 3. The van der Waals surface area contributed by atoms with Gasteiger partial charge in [-0.05, 0) is 42.5 Å². The molecular weight excluding hydrogens is 332 g/mol. The van der Waals surface area contributed by atoms with Crippen LogP contribution in [0.4, 0.5) is 8.78 Å². The molecule has 0 bridgehead atoms. The van der Waals surface area contributed by atoms with Crippen LogP contribution in [0.2, 0.25) is 0 Å². The van der Waals surface area contributed by atoms with E-state index < -0.39 is 6.61 Å². The van der Waals surface area contributed by atoms with Crippen LogP contribution in [0.15, 0.2) is 46.8 Å². The van der Waals surface area contributed by atoms with Gasteiger partial charge in [-0.1, -0.05) is 18.2 Å². The van der Waals surface area contributed by atoms with Crippen LogP contribution in [0, 0.1) is 0 Å². The van der Waals surface area contributed by atoms with Crippen molar-refractivity contribution in [1.82, 2.24) is 10.6 Å². The van der Waals surface area contributed by atoms with Crippen molar-refractivity contribution >= 4 is 17.3 Å². The van der Waals surface area contributed by atoms with Crippen LogP contribution < -0.4 is 15.4 Å². The quantitative estimate of drug-likeness (QED) is 0.562. The lowest BCUT2D eigenvalue weighted by molar-refractivity contribution is -0.0498. The Labute approximate surface area is 144 Å². The van der Waals surface area contributed by atoms with Gasteiger partial charge in [0.25, 0.3) is 0 Å². The Kier molecular flexibility index (Phi) is 7.48. The molecule has 0 unspecified atom stereocenters. The van der Waals surface area contributed by atoms with Crippen LogP contribution in [-0.2, 0) is 13.0 Å². The molecule has 4 nitrogen and oxygen atoms in total. The summed E-state index contributed by atoms with van der Waals surface area (Å²) in [6, 6.07) is 10.7. The van der Waals surface area contributed by atoms with Crippen molar-refractivity contribution in [2.24, 2.45) is 4.99 Å². The zero-order chi connectivity index (χ0) is 17.2. The highest BCUT2D eigenvalue weighted by molar-refractivity contribution is 7.09. The summed E-state index contributed by atoms with van der Waals surface area (Å²) in [5.74, 6) is 0.850. The summed E-state index contributed by atoms with van der Waals surface area (Å²) in [5.41, 5.74) is 0.809. The SMILES string of the molecule is CCNC(=NCc1cccc(OC(F)F)c1)NCCc1cccs1. The van der Waals surface area contributed by atoms with E-state index in [2.05, 4.69) is 31.8 Å². The monoisotopic (exact) mass is 353 g/mol. The Balaban J connectivity index is 1.89. The van der Waals surface area contributed by atoms with E-state index in [9.17, 15) is 8.78 Å². The molecular formula is C17H21F2N3OS. The van der Waals surface area contributed by atoms with Crippen molar-refractivity contribution in [3.8, 4) is 5.75 Å². The second-order valence-corrected chi connectivity index (χ2v) is 6.01. The molecule has 2 N–H and O–H groups in total. The number of nitrogens with zero attached hydrogens (tertiary/aromatic N) is 1. The van der Waals surface area contributed by atoms with E-state index in [-0.39, 0.29) is 5.75 Å². The van der Waals surface area contributed by atoms with Crippen LogP contribution >= 0.6 is 11.3 Å². The number of ether oxygens (including phenoxy) is 1. The second-order valence-electron chi connectivity index (χ2n) is 4.98. The summed E-state index contributed by atoms with van der Waals surface area (Å²) < 4.78 is 28.9. The molecule has 0 aliphatic carbocycles. The highest BCUT2D eigenvalue weighted by Crippen LogP contribution is 2.16. The van der Waals surface area contributed by atoms with Gasteiger partial charge in [-0.25, -0.2) is 4.99 Å². The van der Waals surface area contributed by atoms with Crippen LogP contribution in [0.5, 0.6) is 5.75 Å². The third kappa shape index (κ3) is 6.54. The van der Waals surface area contributed by atoms with Gasteiger partial charge in [-0.2, -0.15) is 8.78 Å². The molecule has 24 heavy (non-hydrogen) atoms. The van der Waals surface area contributed by atoms with Gasteiger partial charge in [0.1, 0.15) is 5.75 Å². The topological polar surface area (TPSA) is 45.7 Å². The van der Waals surface area contributed by atoms with Crippen molar-refractivity contribution in [3.63, 3.8) is 0 Å². The van der Waals surface area contributed by atoms with Gasteiger partial charge in [0, 0.05) is 18.0 Å². The minimum Gasteiger partial charge on any atom is -0.435 e. The number of aliphatic imine (C=N–C) groups is 1.